The normalized spacial score (nSPS) is 26.2. The number of rotatable bonds is 3. The zero-order valence-corrected chi connectivity index (χ0v) is 11.6. The minimum Gasteiger partial charge on any atom is -0.387 e. The maximum Gasteiger partial charge on any atom is 0.0915 e. The lowest BCUT2D eigenvalue weighted by atomic mass is 9.97. The average Bonchev–Trinajstić information content (AvgIpc) is 2.81. The van der Waals surface area contributed by atoms with E-state index in [1.54, 1.807) is 0 Å². The van der Waals surface area contributed by atoms with Gasteiger partial charge in [0.15, 0.2) is 0 Å². The fourth-order valence-electron chi connectivity index (χ4n) is 3.26. The number of β-amino-alcohol motifs (C(OH)–C–C–N with tert-alkyl or cyclic N) is 1. The Morgan fingerprint density at radius 2 is 2.35 bits per heavy atom. The molecule has 0 saturated carbocycles. The molecule has 2 aliphatic heterocycles. The molecule has 106 valence electrons. The van der Waals surface area contributed by atoms with Crippen LogP contribution in [0.25, 0.3) is 0 Å². The highest BCUT2D eigenvalue weighted by Gasteiger charge is 2.35. The Labute approximate surface area is 119 Å². The fourth-order valence-corrected chi connectivity index (χ4v) is 3.26. The number of fused-ring (bicyclic) bond motifs is 1. The number of hydrogen-bond acceptors (Lipinski definition) is 4. The van der Waals surface area contributed by atoms with E-state index in [0.717, 1.165) is 26.1 Å². The Morgan fingerprint density at radius 1 is 1.45 bits per heavy atom. The van der Waals surface area contributed by atoms with E-state index >= 15 is 0 Å². The minimum atomic E-state index is -0.813. The highest BCUT2D eigenvalue weighted by molar-refractivity contribution is 5.36. The summed E-state index contributed by atoms with van der Waals surface area (Å²) in [4.78, 5) is 2.25. The summed E-state index contributed by atoms with van der Waals surface area (Å²) < 4.78 is 5.50. The van der Waals surface area contributed by atoms with Crippen LogP contribution in [-0.4, -0.2) is 35.3 Å². The molecule has 1 N–H and O–H groups in total. The SMILES string of the molecule is N#CCC1(O)CCN(Cc2cccc3c2CCOC3)C1. The Kier molecular flexibility index (Phi) is 3.75. The highest BCUT2D eigenvalue weighted by Crippen LogP contribution is 2.28. The monoisotopic (exact) mass is 272 g/mol. The van der Waals surface area contributed by atoms with E-state index < -0.39 is 5.60 Å². The summed E-state index contributed by atoms with van der Waals surface area (Å²) in [6.07, 6.45) is 1.89. The number of hydrogen-bond donors (Lipinski definition) is 1. The van der Waals surface area contributed by atoms with Crippen LogP contribution in [-0.2, 0) is 24.3 Å². The van der Waals surface area contributed by atoms with E-state index in [1.165, 1.54) is 16.7 Å². The molecule has 2 aliphatic rings. The van der Waals surface area contributed by atoms with Crippen molar-refractivity contribution >= 4 is 0 Å². The molecule has 1 aromatic rings. The van der Waals surface area contributed by atoms with Crippen LogP contribution < -0.4 is 0 Å². The first-order valence-electron chi connectivity index (χ1n) is 7.19. The predicted molar refractivity (Wildman–Crippen MR) is 74.9 cm³/mol. The molecule has 4 heteroatoms. The van der Waals surface area contributed by atoms with Crippen molar-refractivity contribution in [2.24, 2.45) is 0 Å². The number of ether oxygens (including phenoxy) is 1. The predicted octanol–water partition coefficient (Wildman–Crippen LogP) is 1.61. The molecule has 0 aliphatic carbocycles. The van der Waals surface area contributed by atoms with Crippen LogP contribution in [0.15, 0.2) is 18.2 Å². The molecule has 20 heavy (non-hydrogen) atoms. The molecular weight excluding hydrogens is 252 g/mol. The molecule has 4 nitrogen and oxygen atoms in total. The first-order chi connectivity index (χ1) is 9.70. The first kappa shape index (κ1) is 13.6. The fraction of sp³-hybridized carbons (Fsp3) is 0.562. The largest absolute Gasteiger partial charge is 0.387 e. The van der Waals surface area contributed by atoms with Crippen LogP contribution in [0, 0.1) is 11.3 Å². The molecule has 1 saturated heterocycles. The zero-order chi connectivity index (χ0) is 14.0. The van der Waals surface area contributed by atoms with Gasteiger partial charge in [0, 0.05) is 19.6 Å². The Balaban J connectivity index is 1.72. The number of likely N-dealkylation sites (tertiary alicyclic amines) is 1. The van der Waals surface area contributed by atoms with Crippen molar-refractivity contribution in [2.75, 3.05) is 19.7 Å². The maximum absolute atomic E-state index is 10.3. The molecule has 0 amide bonds. The van der Waals surface area contributed by atoms with Crippen molar-refractivity contribution in [2.45, 2.75) is 38.0 Å². The van der Waals surface area contributed by atoms with Crippen LogP contribution in [0.1, 0.15) is 29.5 Å². The molecule has 1 aromatic carbocycles. The molecular formula is C16H20N2O2. The van der Waals surface area contributed by atoms with Crippen molar-refractivity contribution in [3.05, 3.63) is 34.9 Å². The molecule has 0 spiro atoms. The summed E-state index contributed by atoms with van der Waals surface area (Å²) in [5.41, 5.74) is 3.23. The van der Waals surface area contributed by atoms with Gasteiger partial charge in [-0.3, -0.25) is 4.90 Å². The van der Waals surface area contributed by atoms with Gasteiger partial charge in [-0.2, -0.15) is 5.26 Å². The van der Waals surface area contributed by atoms with Gasteiger partial charge in [-0.05, 0) is 29.5 Å². The van der Waals surface area contributed by atoms with Gasteiger partial charge in [-0.25, -0.2) is 0 Å². The standard InChI is InChI=1S/C16H20N2O2/c17-7-5-16(19)6-8-18(12-16)10-13-2-1-3-14-11-20-9-4-15(13)14/h1-3,19H,4-6,8-12H2. The quantitative estimate of drug-likeness (QED) is 0.908. The third kappa shape index (κ3) is 2.71. The van der Waals surface area contributed by atoms with Gasteiger partial charge < -0.3 is 9.84 Å². The summed E-state index contributed by atoms with van der Waals surface area (Å²) in [6, 6.07) is 8.48. The number of benzene rings is 1. The van der Waals surface area contributed by atoms with Crippen molar-refractivity contribution in [1.82, 2.24) is 4.90 Å². The number of nitriles is 1. The Morgan fingerprint density at radius 3 is 3.20 bits per heavy atom. The topological polar surface area (TPSA) is 56.5 Å². The van der Waals surface area contributed by atoms with Crippen LogP contribution in [0.4, 0.5) is 0 Å². The molecule has 0 aromatic heterocycles. The summed E-state index contributed by atoms with van der Waals surface area (Å²) in [5, 5.41) is 19.1. The van der Waals surface area contributed by atoms with E-state index in [2.05, 4.69) is 29.2 Å². The molecule has 0 radical (unpaired) electrons. The number of aliphatic hydroxyl groups is 1. The van der Waals surface area contributed by atoms with E-state index in [1.807, 2.05) is 0 Å². The van der Waals surface area contributed by atoms with Crippen LogP contribution in [0.5, 0.6) is 0 Å². The van der Waals surface area contributed by atoms with Crippen molar-refractivity contribution < 1.29 is 9.84 Å². The lowest BCUT2D eigenvalue weighted by molar-refractivity contribution is 0.0530. The van der Waals surface area contributed by atoms with Gasteiger partial charge in [0.25, 0.3) is 0 Å². The number of nitrogens with zero attached hydrogens (tertiary/aromatic N) is 2. The van der Waals surface area contributed by atoms with Gasteiger partial charge in [-0.1, -0.05) is 18.2 Å². The lowest BCUT2D eigenvalue weighted by Crippen LogP contribution is -2.32. The molecule has 0 bridgehead atoms. The van der Waals surface area contributed by atoms with Gasteiger partial charge in [-0.15, -0.1) is 0 Å². The summed E-state index contributed by atoms with van der Waals surface area (Å²) in [7, 11) is 0. The van der Waals surface area contributed by atoms with E-state index in [9.17, 15) is 5.11 Å². The molecule has 1 fully saturated rings. The second kappa shape index (κ2) is 5.53. The smallest absolute Gasteiger partial charge is 0.0915 e. The average molecular weight is 272 g/mol. The van der Waals surface area contributed by atoms with Crippen molar-refractivity contribution in [3.8, 4) is 6.07 Å². The van der Waals surface area contributed by atoms with Gasteiger partial charge in [0.05, 0.1) is 31.3 Å². The highest BCUT2D eigenvalue weighted by atomic mass is 16.5. The summed E-state index contributed by atoms with van der Waals surface area (Å²) in [6.45, 7) is 3.82. The molecule has 1 unspecified atom stereocenters. The minimum absolute atomic E-state index is 0.226. The Bertz CT molecular complexity index is 538. The van der Waals surface area contributed by atoms with Crippen molar-refractivity contribution in [3.63, 3.8) is 0 Å². The lowest BCUT2D eigenvalue weighted by Gasteiger charge is -2.24. The van der Waals surface area contributed by atoms with E-state index in [-0.39, 0.29) is 6.42 Å². The third-order valence-electron chi connectivity index (χ3n) is 4.34. The van der Waals surface area contributed by atoms with Crippen LogP contribution >= 0.6 is 0 Å². The summed E-state index contributed by atoms with van der Waals surface area (Å²) in [5.74, 6) is 0. The summed E-state index contributed by atoms with van der Waals surface area (Å²) >= 11 is 0. The second-order valence-electron chi connectivity index (χ2n) is 5.88. The van der Waals surface area contributed by atoms with E-state index in [0.29, 0.717) is 19.6 Å². The molecule has 1 atom stereocenters. The maximum atomic E-state index is 10.3. The van der Waals surface area contributed by atoms with Crippen LogP contribution in [0.3, 0.4) is 0 Å². The zero-order valence-electron chi connectivity index (χ0n) is 11.6. The third-order valence-corrected chi connectivity index (χ3v) is 4.34. The second-order valence-corrected chi connectivity index (χ2v) is 5.88. The van der Waals surface area contributed by atoms with Crippen LogP contribution in [0.2, 0.25) is 0 Å². The van der Waals surface area contributed by atoms with E-state index in [4.69, 9.17) is 10.00 Å². The first-order valence-corrected chi connectivity index (χ1v) is 7.19. The van der Waals surface area contributed by atoms with Gasteiger partial charge >= 0.3 is 0 Å². The Hall–Kier alpha value is -1.41. The van der Waals surface area contributed by atoms with Gasteiger partial charge in [0.2, 0.25) is 0 Å². The molecule has 2 heterocycles. The molecule has 3 rings (SSSR count). The van der Waals surface area contributed by atoms with Crippen molar-refractivity contribution in [1.29, 1.82) is 5.26 Å². The van der Waals surface area contributed by atoms with Gasteiger partial charge in [0.1, 0.15) is 0 Å².